The number of amides is 1. The van der Waals surface area contributed by atoms with Gasteiger partial charge in [-0.1, -0.05) is 19.9 Å². The van der Waals surface area contributed by atoms with E-state index in [9.17, 15) is 13.6 Å². The minimum absolute atomic E-state index is 0.0671. The van der Waals surface area contributed by atoms with Crippen LogP contribution in [0, 0.1) is 17.6 Å². The van der Waals surface area contributed by atoms with E-state index in [-0.39, 0.29) is 11.8 Å². The molecule has 88 valence electrons. The summed E-state index contributed by atoms with van der Waals surface area (Å²) in [4.78, 5) is 11.2. The summed E-state index contributed by atoms with van der Waals surface area (Å²) in [6.45, 7) is 3.93. The van der Waals surface area contributed by atoms with Gasteiger partial charge < -0.3 is 5.32 Å². The third-order valence-electron chi connectivity index (χ3n) is 2.23. The van der Waals surface area contributed by atoms with E-state index < -0.39 is 11.6 Å². The van der Waals surface area contributed by atoms with Gasteiger partial charge in [-0.3, -0.25) is 4.79 Å². The average molecular weight is 227 g/mol. The molecule has 1 rings (SSSR count). The molecule has 0 aromatic heterocycles. The number of hydrogen-bond acceptors (Lipinski definition) is 1. The van der Waals surface area contributed by atoms with Gasteiger partial charge in [0.05, 0.1) is 0 Å². The number of halogens is 2. The van der Waals surface area contributed by atoms with Crippen molar-refractivity contribution in [2.75, 3.05) is 6.54 Å². The third-order valence-corrected chi connectivity index (χ3v) is 2.23. The zero-order valence-electron chi connectivity index (χ0n) is 9.39. The molecule has 0 saturated heterocycles. The summed E-state index contributed by atoms with van der Waals surface area (Å²) in [5.74, 6) is -1.31. The van der Waals surface area contributed by atoms with Gasteiger partial charge in [0, 0.05) is 18.5 Å². The fraction of sp³-hybridized carbons (Fsp3) is 0.417. The van der Waals surface area contributed by atoms with Crippen LogP contribution in [0.5, 0.6) is 0 Å². The van der Waals surface area contributed by atoms with Gasteiger partial charge in [0.2, 0.25) is 5.91 Å². The lowest BCUT2D eigenvalue weighted by atomic mass is 10.1. The van der Waals surface area contributed by atoms with Crippen molar-refractivity contribution in [3.63, 3.8) is 0 Å². The monoisotopic (exact) mass is 227 g/mol. The van der Waals surface area contributed by atoms with Gasteiger partial charge in [0.25, 0.3) is 0 Å². The molecule has 0 aliphatic heterocycles. The Kier molecular flexibility index (Phi) is 4.40. The maximum absolute atomic E-state index is 13.2. The Balaban J connectivity index is 2.46. The summed E-state index contributed by atoms with van der Waals surface area (Å²) in [6, 6.07) is 3.45. The van der Waals surface area contributed by atoms with Gasteiger partial charge in [-0.2, -0.15) is 0 Å². The van der Waals surface area contributed by atoms with E-state index in [1.807, 2.05) is 0 Å². The van der Waals surface area contributed by atoms with E-state index in [1.165, 1.54) is 12.1 Å². The predicted octanol–water partition coefficient (Wildman–Crippen LogP) is 2.28. The lowest BCUT2D eigenvalue weighted by Crippen LogP contribution is -2.29. The first-order valence-electron chi connectivity index (χ1n) is 5.22. The molecule has 2 nitrogen and oxygen atoms in total. The van der Waals surface area contributed by atoms with Crippen LogP contribution in [0.15, 0.2) is 18.2 Å². The number of nitrogens with one attached hydrogen (secondary N) is 1. The number of hydrogen-bond donors (Lipinski definition) is 1. The molecule has 0 saturated carbocycles. The molecule has 0 atom stereocenters. The van der Waals surface area contributed by atoms with E-state index >= 15 is 0 Å². The highest BCUT2D eigenvalue weighted by atomic mass is 19.1. The van der Waals surface area contributed by atoms with Crippen molar-refractivity contribution in [1.82, 2.24) is 5.32 Å². The molecule has 1 aromatic rings. The Morgan fingerprint density at radius 1 is 1.38 bits per heavy atom. The van der Waals surface area contributed by atoms with Gasteiger partial charge in [0.1, 0.15) is 11.6 Å². The highest BCUT2D eigenvalue weighted by molar-refractivity contribution is 5.77. The van der Waals surface area contributed by atoms with Crippen LogP contribution in [0.25, 0.3) is 0 Å². The first kappa shape index (κ1) is 12.6. The second kappa shape index (κ2) is 5.58. The molecule has 0 radical (unpaired) electrons. The molecule has 0 bridgehead atoms. The number of carbonyl (C=O) groups excluding carboxylic acids is 1. The van der Waals surface area contributed by atoms with Crippen molar-refractivity contribution in [1.29, 1.82) is 0 Å². The molecule has 1 aromatic carbocycles. The minimum Gasteiger partial charge on any atom is -0.356 e. The van der Waals surface area contributed by atoms with Crippen molar-refractivity contribution in [2.45, 2.75) is 20.3 Å². The van der Waals surface area contributed by atoms with Crippen molar-refractivity contribution in [3.8, 4) is 0 Å². The standard InChI is InChI=1S/C12H15F2NO/c1-8(2)12(16)15-6-5-9-3-4-10(13)7-11(9)14/h3-4,7-8H,5-6H2,1-2H3,(H,15,16). The predicted molar refractivity (Wildman–Crippen MR) is 57.9 cm³/mol. The van der Waals surface area contributed by atoms with E-state index in [0.717, 1.165) is 6.07 Å². The summed E-state index contributed by atoms with van der Waals surface area (Å²) in [5.41, 5.74) is 0.408. The zero-order chi connectivity index (χ0) is 12.1. The third kappa shape index (κ3) is 3.61. The summed E-state index contributed by atoms with van der Waals surface area (Å²) < 4.78 is 25.8. The molecule has 0 heterocycles. The highest BCUT2D eigenvalue weighted by Crippen LogP contribution is 2.09. The van der Waals surface area contributed by atoms with Crippen LogP contribution in [0.4, 0.5) is 8.78 Å². The van der Waals surface area contributed by atoms with Gasteiger partial charge in [-0.15, -0.1) is 0 Å². The maximum atomic E-state index is 13.2. The largest absolute Gasteiger partial charge is 0.356 e. The summed E-state index contributed by atoms with van der Waals surface area (Å²) in [7, 11) is 0. The molecule has 1 amide bonds. The Hall–Kier alpha value is -1.45. The smallest absolute Gasteiger partial charge is 0.222 e. The van der Waals surface area contributed by atoms with Gasteiger partial charge in [-0.05, 0) is 18.1 Å². The molecule has 0 spiro atoms. The lowest BCUT2D eigenvalue weighted by Gasteiger charge is -2.08. The fourth-order valence-corrected chi connectivity index (χ4v) is 1.25. The summed E-state index contributed by atoms with van der Waals surface area (Å²) >= 11 is 0. The molecule has 1 N–H and O–H groups in total. The van der Waals surface area contributed by atoms with E-state index in [1.54, 1.807) is 13.8 Å². The van der Waals surface area contributed by atoms with Crippen molar-refractivity contribution < 1.29 is 13.6 Å². The molecule has 0 aliphatic carbocycles. The van der Waals surface area contributed by atoms with Crippen LogP contribution >= 0.6 is 0 Å². The average Bonchev–Trinajstić information content (AvgIpc) is 2.20. The Bertz CT molecular complexity index is 377. The molecule has 0 aliphatic rings. The lowest BCUT2D eigenvalue weighted by molar-refractivity contribution is -0.123. The second-order valence-corrected chi connectivity index (χ2v) is 3.93. The molecule has 0 unspecified atom stereocenters. The van der Waals surface area contributed by atoms with E-state index in [4.69, 9.17) is 0 Å². The molecule has 16 heavy (non-hydrogen) atoms. The normalized spacial score (nSPS) is 10.6. The summed E-state index contributed by atoms with van der Waals surface area (Å²) in [6.07, 6.45) is 0.366. The molecular formula is C12H15F2NO. The van der Waals surface area contributed by atoms with Crippen molar-refractivity contribution in [2.24, 2.45) is 5.92 Å². The molecule has 4 heteroatoms. The van der Waals surface area contributed by atoms with Crippen LogP contribution < -0.4 is 5.32 Å². The maximum Gasteiger partial charge on any atom is 0.222 e. The highest BCUT2D eigenvalue weighted by Gasteiger charge is 2.07. The van der Waals surface area contributed by atoms with E-state index in [0.29, 0.717) is 18.5 Å². The Labute approximate surface area is 93.7 Å². The quantitative estimate of drug-likeness (QED) is 0.840. The second-order valence-electron chi connectivity index (χ2n) is 3.93. The Morgan fingerprint density at radius 2 is 2.06 bits per heavy atom. The SMILES string of the molecule is CC(C)C(=O)NCCc1ccc(F)cc1F. The minimum atomic E-state index is -0.590. The van der Waals surface area contributed by atoms with Gasteiger partial charge in [0.15, 0.2) is 0 Å². The first-order chi connectivity index (χ1) is 7.50. The number of rotatable bonds is 4. The Morgan fingerprint density at radius 3 is 2.62 bits per heavy atom. The van der Waals surface area contributed by atoms with Gasteiger partial charge >= 0.3 is 0 Å². The number of carbonyl (C=O) groups is 1. The van der Waals surface area contributed by atoms with Gasteiger partial charge in [-0.25, -0.2) is 8.78 Å². The first-order valence-corrected chi connectivity index (χ1v) is 5.22. The van der Waals surface area contributed by atoms with Crippen molar-refractivity contribution in [3.05, 3.63) is 35.4 Å². The zero-order valence-corrected chi connectivity index (χ0v) is 9.39. The number of benzene rings is 1. The van der Waals surface area contributed by atoms with E-state index in [2.05, 4.69) is 5.32 Å². The van der Waals surface area contributed by atoms with Crippen LogP contribution in [-0.4, -0.2) is 12.5 Å². The summed E-state index contributed by atoms with van der Waals surface area (Å²) in [5, 5.41) is 2.67. The molecule has 0 fully saturated rings. The molecular weight excluding hydrogens is 212 g/mol. The van der Waals surface area contributed by atoms with Crippen LogP contribution in [0.2, 0.25) is 0 Å². The van der Waals surface area contributed by atoms with Crippen LogP contribution in [-0.2, 0) is 11.2 Å². The van der Waals surface area contributed by atoms with Crippen LogP contribution in [0.3, 0.4) is 0 Å². The van der Waals surface area contributed by atoms with Crippen LogP contribution in [0.1, 0.15) is 19.4 Å². The fourth-order valence-electron chi connectivity index (χ4n) is 1.25. The van der Waals surface area contributed by atoms with Crippen molar-refractivity contribution >= 4 is 5.91 Å². The topological polar surface area (TPSA) is 29.1 Å².